The van der Waals surface area contributed by atoms with Crippen molar-refractivity contribution < 1.29 is 18.7 Å². The van der Waals surface area contributed by atoms with E-state index in [4.69, 9.17) is 0 Å². The fourth-order valence-electron chi connectivity index (χ4n) is 1.71. The highest BCUT2D eigenvalue weighted by Gasteiger charge is 2.11. The number of hydrogen-bond donors (Lipinski definition) is 1. The summed E-state index contributed by atoms with van der Waals surface area (Å²) in [6, 6.07) is 7.32. The maximum atomic E-state index is 13.6. The molecule has 1 aromatic heterocycles. The van der Waals surface area contributed by atoms with Crippen LogP contribution in [0.2, 0.25) is 0 Å². The number of hydrogen-bond acceptors (Lipinski definition) is 4. The molecule has 1 amide bonds. The first kappa shape index (κ1) is 16.1. The molecule has 0 fully saturated rings. The zero-order valence-corrected chi connectivity index (χ0v) is 13.2. The van der Waals surface area contributed by atoms with Crippen LogP contribution in [0.25, 0.3) is 0 Å². The molecule has 22 heavy (non-hydrogen) atoms. The predicted octanol–water partition coefficient (Wildman–Crippen LogP) is 2.70. The number of nitrogens with zero attached hydrogens (tertiary/aromatic N) is 1. The molecule has 0 radical (unpaired) electrons. The van der Waals surface area contributed by atoms with E-state index in [1.165, 1.54) is 31.5 Å². The molecule has 0 saturated heterocycles. The van der Waals surface area contributed by atoms with Gasteiger partial charge in [0.1, 0.15) is 11.5 Å². The fraction of sp³-hybridized carbons (Fsp3) is 0.133. The molecule has 0 saturated carbocycles. The van der Waals surface area contributed by atoms with Gasteiger partial charge in [-0.2, -0.15) is 0 Å². The Kier molecular flexibility index (Phi) is 5.21. The Morgan fingerprint density at radius 3 is 2.73 bits per heavy atom. The number of amides is 1. The van der Waals surface area contributed by atoms with Crippen molar-refractivity contribution in [2.75, 3.05) is 7.11 Å². The summed E-state index contributed by atoms with van der Waals surface area (Å²) in [5, 5.41) is 2.57. The first-order valence-corrected chi connectivity index (χ1v) is 7.07. The SMILES string of the molecule is COC(=O)c1ccc(C(=O)NCc2cc(Br)ccc2F)nc1. The molecule has 2 rings (SSSR count). The predicted molar refractivity (Wildman–Crippen MR) is 80.8 cm³/mol. The van der Waals surface area contributed by atoms with E-state index in [1.54, 1.807) is 12.1 Å². The molecule has 0 bridgehead atoms. The van der Waals surface area contributed by atoms with Gasteiger partial charge in [0.05, 0.1) is 12.7 Å². The van der Waals surface area contributed by atoms with E-state index in [-0.39, 0.29) is 17.8 Å². The number of carbonyl (C=O) groups is 2. The molecule has 5 nitrogen and oxygen atoms in total. The van der Waals surface area contributed by atoms with Crippen LogP contribution in [0.4, 0.5) is 4.39 Å². The maximum Gasteiger partial charge on any atom is 0.339 e. The quantitative estimate of drug-likeness (QED) is 0.844. The molecular formula is C15H12BrFN2O3. The highest BCUT2D eigenvalue weighted by atomic mass is 79.9. The first-order valence-electron chi connectivity index (χ1n) is 6.27. The van der Waals surface area contributed by atoms with Crippen molar-refractivity contribution in [3.63, 3.8) is 0 Å². The van der Waals surface area contributed by atoms with Gasteiger partial charge in [0.25, 0.3) is 5.91 Å². The lowest BCUT2D eigenvalue weighted by molar-refractivity contribution is 0.0599. The van der Waals surface area contributed by atoms with Crippen LogP contribution in [-0.4, -0.2) is 24.0 Å². The largest absolute Gasteiger partial charge is 0.465 e. The van der Waals surface area contributed by atoms with Gasteiger partial charge in [0.15, 0.2) is 0 Å². The van der Waals surface area contributed by atoms with Gasteiger partial charge < -0.3 is 10.1 Å². The summed E-state index contributed by atoms with van der Waals surface area (Å²) < 4.78 is 18.8. The molecule has 0 unspecified atom stereocenters. The standard InChI is InChI=1S/C15H12BrFN2O3/c1-22-15(21)9-2-5-13(18-7-9)14(20)19-8-10-6-11(16)3-4-12(10)17/h2-7H,8H2,1H3,(H,19,20). The Morgan fingerprint density at radius 1 is 1.32 bits per heavy atom. The average molecular weight is 367 g/mol. The van der Waals surface area contributed by atoms with Gasteiger partial charge in [-0.1, -0.05) is 15.9 Å². The van der Waals surface area contributed by atoms with Crippen LogP contribution in [0, 0.1) is 5.82 Å². The Morgan fingerprint density at radius 2 is 2.09 bits per heavy atom. The van der Waals surface area contributed by atoms with Crippen molar-refractivity contribution in [2.45, 2.75) is 6.54 Å². The van der Waals surface area contributed by atoms with Gasteiger partial charge >= 0.3 is 5.97 Å². The number of methoxy groups -OCH3 is 1. The van der Waals surface area contributed by atoms with Crippen molar-refractivity contribution in [3.8, 4) is 0 Å². The number of esters is 1. The van der Waals surface area contributed by atoms with Gasteiger partial charge in [0.2, 0.25) is 0 Å². The van der Waals surface area contributed by atoms with Crippen molar-refractivity contribution in [2.24, 2.45) is 0 Å². The Hall–Kier alpha value is -2.28. The molecule has 7 heteroatoms. The second-order valence-corrected chi connectivity index (χ2v) is 5.26. The molecule has 0 spiro atoms. The lowest BCUT2D eigenvalue weighted by Gasteiger charge is -2.07. The van der Waals surface area contributed by atoms with Crippen molar-refractivity contribution in [1.29, 1.82) is 0 Å². The van der Waals surface area contributed by atoms with Gasteiger partial charge in [-0.25, -0.2) is 9.18 Å². The van der Waals surface area contributed by atoms with Crippen LogP contribution in [0.5, 0.6) is 0 Å². The Bertz CT molecular complexity index is 704. The van der Waals surface area contributed by atoms with Crippen LogP contribution >= 0.6 is 15.9 Å². The topological polar surface area (TPSA) is 68.3 Å². The molecular weight excluding hydrogens is 355 g/mol. The van der Waals surface area contributed by atoms with E-state index < -0.39 is 17.7 Å². The zero-order chi connectivity index (χ0) is 16.1. The van der Waals surface area contributed by atoms with E-state index in [2.05, 4.69) is 31.0 Å². The minimum Gasteiger partial charge on any atom is -0.465 e. The number of benzene rings is 1. The van der Waals surface area contributed by atoms with Crippen LogP contribution in [0.3, 0.4) is 0 Å². The number of pyridine rings is 1. The van der Waals surface area contributed by atoms with Gasteiger partial charge in [-0.05, 0) is 30.3 Å². The summed E-state index contributed by atoms with van der Waals surface area (Å²) in [5.74, 6) is -1.40. The summed E-state index contributed by atoms with van der Waals surface area (Å²) in [7, 11) is 1.26. The summed E-state index contributed by atoms with van der Waals surface area (Å²) in [5.41, 5.74) is 0.731. The zero-order valence-electron chi connectivity index (χ0n) is 11.6. The van der Waals surface area contributed by atoms with Crippen molar-refractivity contribution >= 4 is 27.8 Å². The van der Waals surface area contributed by atoms with E-state index in [0.717, 1.165) is 4.47 Å². The fourth-order valence-corrected chi connectivity index (χ4v) is 2.12. The van der Waals surface area contributed by atoms with Crippen LogP contribution in [0.1, 0.15) is 26.4 Å². The van der Waals surface area contributed by atoms with Crippen LogP contribution < -0.4 is 5.32 Å². The number of halogens is 2. The summed E-state index contributed by atoms with van der Waals surface area (Å²) >= 11 is 3.24. The second kappa shape index (κ2) is 7.13. The highest BCUT2D eigenvalue weighted by molar-refractivity contribution is 9.10. The molecule has 1 aromatic carbocycles. The molecule has 0 aliphatic carbocycles. The number of nitrogens with one attached hydrogen (secondary N) is 1. The summed E-state index contributed by atoms with van der Waals surface area (Å²) in [6.07, 6.45) is 1.25. The smallest absolute Gasteiger partial charge is 0.339 e. The third kappa shape index (κ3) is 3.88. The molecule has 114 valence electrons. The Balaban J connectivity index is 2.03. The normalized spacial score (nSPS) is 10.1. The molecule has 2 aromatic rings. The minimum atomic E-state index is -0.532. The van der Waals surface area contributed by atoms with Gasteiger partial charge in [-0.15, -0.1) is 0 Å². The Labute approximate surface area is 134 Å². The van der Waals surface area contributed by atoms with Gasteiger partial charge in [-0.3, -0.25) is 9.78 Å². The number of rotatable bonds is 4. The van der Waals surface area contributed by atoms with Crippen LogP contribution in [0.15, 0.2) is 41.0 Å². The first-order chi connectivity index (χ1) is 10.5. The lowest BCUT2D eigenvalue weighted by atomic mass is 10.2. The minimum absolute atomic E-state index is 0.0323. The van der Waals surface area contributed by atoms with Crippen LogP contribution in [-0.2, 0) is 11.3 Å². The van der Waals surface area contributed by atoms with E-state index in [0.29, 0.717) is 5.56 Å². The van der Waals surface area contributed by atoms with E-state index >= 15 is 0 Å². The molecule has 0 aliphatic heterocycles. The molecule has 0 atom stereocenters. The lowest BCUT2D eigenvalue weighted by Crippen LogP contribution is -2.24. The van der Waals surface area contributed by atoms with Crippen molar-refractivity contribution in [1.82, 2.24) is 10.3 Å². The third-order valence-corrected chi connectivity index (χ3v) is 3.36. The molecule has 1 N–H and O–H groups in total. The second-order valence-electron chi connectivity index (χ2n) is 4.34. The third-order valence-electron chi connectivity index (χ3n) is 2.86. The molecule has 0 aliphatic rings. The maximum absolute atomic E-state index is 13.6. The summed E-state index contributed by atoms with van der Waals surface area (Å²) in [4.78, 5) is 27.1. The average Bonchev–Trinajstić information content (AvgIpc) is 2.54. The van der Waals surface area contributed by atoms with E-state index in [9.17, 15) is 14.0 Å². The molecule has 1 heterocycles. The highest BCUT2D eigenvalue weighted by Crippen LogP contribution is 2.15. The van der Waals surface area contributed by atoms with Gasteiger partial charge in [0, 0.05) is 22.8 Å². The number of aromatic nitrogens is 1. The number of carbonyl (C=O) groups excluding carboxylic acids is 2. The number of ether oxygens (including phenoxy) is 1. The van der Waals surface area contributed by atoms with Crippen molar-refractivity contribution in [3.05, 3.63) is 63.6 Å². The van der Waals surface area contributed by atoms with E-state index in [1.807, 2.05) is 0 Å². The monoisotopic (exact) mass is 366 g/mol. The summed E-state index contributed by atoms with van der Waals surface area (Å²) in [6.45, 7) is 0.0323.